The highest BCUT2D eigenvalue weighted by atomic mass is 31.1. The zero-order chi connectivity index (χ0) is 18.2. The molecule has 0 spiro atoms. The van der Waals surface area contributed by atoms with Gasteiger partial charge in [-0.1, -0.05) is 117 Å². The van der Waals surface area contributed by atoms with Crippen LogP contribution in [0, 0.1) is 5.92 Å². The summed E-state index contributed by atoms with van der Waals surface area (Å²) in [5, 5.41) is 2.93. The van der Waals surface area contributed by atoms with Crippen LogP contribution in [0.5, 0.6) is 0 Å². The second-order valence-corrected chi connectivity index (χ2v) is 9.10. The van der Waals surface area contributed by atoms with Crippen LogP contribution in [-0.2, 0) is 0 Å². The molecule has 0 aliphatic heterocycles. The quantitative estimate of drug-likeness (QED) is 0.353. The Labute approximate surface area is 159 Å². The Morgan fingerprint density at radius 2 is 1.12 bits per heavy atom. The Morgan fingerprint density at radius 3 is 1.62 bits per heavy atom. The van der Waals surface area contributed by atoms with Crippen LogP contribution >= 0.6 is 7.92 Å². The molecule has 0 bridgehead atoms. The average molecular weight is 358 g/mol. The van der Waals surface area contributed by atoms with Crippen LogP contribution in [0.2, 0.25) is 0 Å². The maximum Gasteiger partial charge on any atom is -0.00103 e. The van der Waals surface area contributed by atoms with E-state index in [2.05, 4.69) is 117 Å². The topological polar surface area (TPSA) is 0 Å². The smallest absolute Gasteiger partial charge is 0.00103 e. The summed E-state index contributed by atoms with van der Waals surface area (Å²) in [6, 6.07) is 32.7. The van der Waals surface area contributed by atoms with Crippen LogP contribution in [0.3, 0.4) is 0 Å². The van der Waals surface area contributed by atoms with Gasteiger partial charge in [0.15, 0.2) is 0 Å². The molecule has 132 valence electrons. The first-order valence-corrected chi connectivity index (χ1v) is 10.9. The van der Waals surface area contributed by atoms with Crippen LogP contribution in [-0.4, -0.2) is 6.16 Å². The first kappa shape index (κ1) is 18.6. The van der Waals surface area contributed by atoms with Gasteiger partial charge < -0.3 is 0 Å². The van der Waals surface area contributed by atoms with E-state index < -0.39 is 0 Å². The molecule has 0 aliphatic rings. The molecule has 0 saturated carbocycles. The van der Waals surface area contributed by atoms with Crippen molar-refractivity contribution < 1.29 is 0 Å². The molecule has 3 aromatic rings. The lowest BCUT2D eigenvalue weighted by molar-refractivity contribution is 0.825. The van der Waals surface area contributed by atoms with E-state index in [1.54, 1.807) is 0 Å². The third-order valence-corrected chi connectivity index (χ3v) is 7.44. The van der Waals surface area contributed by atoms with Crippen molar-refractivity contribution >= 4 is 18.5 Å². The van der Waals surface area contributed by atoms with Gasteiger partial charge in [-0.3, -0.25) is 0 Å². The normalized spacial score (nSPS) is 13.8. The van der Waals surface area contributed by atoms with Gasteiger partial charge in [-0.15, -0.1) is 0 Å². The summed E-state index contributed by atoms with van der Waals surface area (Å²) >= 11 is 0. The minimum Gasteiger partial charge on any atom is -0.0847 e. The van der Waals surface area contributed by atoms with Crippen molar-refractivity contribution in [1.82, 2.24) is 0 Å². The maximum absolute atomic E-state index is 2.40. The van der Waals surface area contributed by atoms with Crippen LogP contribution in [0.25, 0.3) is 0 Å². The number of allylic oxidation sites excluding steroid dienone is 2. The van der Waals surface area contributed by atoms with E-state index in [1.807, 2.05) is 0 Å². The fourth-order valence-corrected chi connectivity index (χ4v) is 5.63. The van der Waals surface area contributed by atoms with Crippen LogP contribution in [0.1, 0.15) is 25.3 Å². The zero-order valence-corrected chi connectivity index (χ0v) is 16.5. The molecule has 3 rings (SSSR count). The number of benzene rings is 3. The van der Waals surface area contributed by atoms with Crippen molar-refractivity contribution in [1.29, 1.82) is 0 Å². The zero-order valence-electron chi connectivity index (χ0n) is 15.6. The largest absolute Gasteiger partial charge is 0.0847 e. The lowest BCUT2D eigenvalue weighted by atomic mass is 9.99. The molecule has 0 N–H and O–H groups in total. The Balaban J connectivity index is 1.73. The molecule has 0 fully saturated rings. The van der Waals surface area contributed by atoms with Gasteiger partial charge in [0.2, 0.25) is 0 Å². The lowest BCUT2D eigenvalue weighted by Gasteiger charge is -2.21. The third kappa shape index (κ3) is 5.16. The van der Waals surface area contributed by atoms with Crippen molar-refractivity contribution in [3.8, 4) is 0 Å². The summed E-state index contributed by atoms with van der Waals surface area (Å²) < 4.78 is 0. The van der Waals surface area contributed by atoms with Gasteiger partial charge >= 0.3 is 0 Å². The fourth-order valence-electron chi connectivity index (χ4n) is 3.15. The predicted molar refractivity (Wildman–Crippen MR) is 117 cm³/mol. The van der Waals surface area contributed by atoms with Crippen molar-refractivity contribution in [2.45, 2.75) is 19.8 Å². The number of hydrogen-bond donors (Lipinski definition) is 0. The van der Waals surface area contributed by atoms with Crippen LogP contribution in [0.4, 0.5) is 0 Å². The number of rotatable bonds is 7. The minimum atomic E-state index is -0.327. The van der Waals surface area contributed by atoms with E-state index >= 15 is 0 Å². The van der Waals surface area contributed by atoms with E-state index in [-0.39, 0.29) is 7.92 Å². The van der Waals surface area contributed by atoms with E-state index in [0.29, 0.717) is 11.8 Å². The summed E-state index contributed by atoms with van der Waals surface area (Å²) in [6.45, 7) is 4.62. The highest BCUT2D eigenvalue weighted by Crippen LogP contribution is 2.36. The Hall–Kier alpha value is -2.17. The molecule has 0 saturated heterocycles. The van der Waals surface area contributed by atoms with Crippen LogP contribution in [0.15, 0.2) is 103 Å². The molecular weight excluding hydrogens is 331 g/mol. The van der Waals surface area contributed by atoms with Gasteiger partial charge in [0.1, 0.15) is 0 Å². The predicted octanol–water partition coefficient (Wildman–Crippen LogP) is 6.12. The molecule has 0 radical (unpaired) electrons. The molecule has 0 nitrogen and oxygen atoms in total. The summed E-state index contributed by atoms with van der Waals surface area (Å²) in [5.74, 6) is 1.01. The third-order valence-electron chi connectivity index (χ3n) is 4.66. The SMILES string of the molecule is CC(C=CC(C)c1ccccc1)CP(c1ccccc1)c1ccccc1. The molecule has 1 heteroatoms. The second-order valence-electron chi connectivity index (χ2n) is 6.84. The molecule has 3 aromatic carbocycles. The maximum atomic E-state index is 2.40. The van der Waals surface area contributed by atoms with Crippen molar-refractivity contribution in [3.05, 3.63) is 109 Å². The van der Waals surface area contributed by atoms with Gasteiger partial charge in [-0.25, -0.2) is 0 Å². The number of hydrogen-bond acceptors (Lipinski definition) is 0. The van der Waals surface area contributed by atoms with Gasteiger partial charge in [-0.05, 0) is 42.1 Å². The van der Waals surface area contributed by atoms with E-state index in [0.717, 1.165) is 0 Å². The molecule has 0 amide bonds. The van der Waals surface area contributed by atoms with Crippen molar-refractivity contribution in [2.75, 3.05) is 6.16 Å². The molecule has 2 atom stereocenters. The lowest BCUT2D eigenvalue weighted by Crippen LogP contribution is -2.16. The Kier molecular flexibility index (Phi) is 6.81. The summed E-state index contributed by atoms with van der Waals surface area (Å²) in [4.78, 5) is 0. The Morgan fingerprint density at radius 1 is 0.654 bits per heavy atom. The van der Waals surface area contributed by atoms with Gasteiger partial charge in [0.25, 0.3) is 0 Å². The highest BCUT2D eigenvalue weighted by molar-refractivity contribution is 7.73. The van der Waals surface area contributed by atoms with E-state index in [1.165, 1.54) is 22.3 Å². The molecule has 0 aliphatic carbocycles. The van der Waals surface area contributed by atoms with Crippen molar-refractivity contribution in [3.63, 3.8) is 0 Å². The van der Waals surface area contributed by atoms with E-state index in [9.17, 15) is 0 Å². The molecule has 26 heavy (non-hydrogen) atoms. The first-order chi connectivity index (χ1) is 12.7. The van der Waals surface area contributed by atoms with Crippen molar-refractivity contribution in [2.24, 2.45) is 5.92 Å². The monoisotopic (exact) mass is 358 g/mol. The summed E-state index contributed by atoms with van der Waals surface area (Å²) in [5.41, 5.74) is 1.38. The highest BCUT2D eigenvalue weighted by Gasteiger charge is 2.15. The molecular formula is C25H27P. The first-order valence-electron chi connectivity index (χ1n) is 9.35. The standard InChI is InChI=1S/C25H27P/c1-21(18-19-22(2)23-12-6-3-7-13-23)20-26(24-14-8-4-9-15-24)25-16-10-5-11-17-25/h3-19,21-22H,20H2,1-2H3. The van der Waals surface area contributed by atoms with Gasteiger partial charge in [0, 0.05) is 0 Å². The fraction of sp³-hybridized carbons (Fsp3) is 0.200. The van der Waals surface area contributed by atoms with Gasteiger partial charge in [-0.2, -0.15) is 0 Å². The van der Waals surface area contributed by atoms with Gasteiger partial charge in [0.05, 0.1) is 0 Å². The minimum absolute atomic E-state index is 0.327. The molecule has 2 unspecified atom stereocenters. The average Bonchev–Trinajstić information content (AvgIpc) is 2.72. The van der Waals surface area contributed by atoms with E-state index in [4.69, 9.17) is 0 Å². The van der Waals surface area contributed by atoms with Crippen LogP contribution < -0.4 is 10.6 Å². The second kappa shape index (κ2) is 9.51. The summed E-state index contributed by atoms with van der Waals surface area (Å²) in [7, 11) is -0.327. The Bertz CT molecular complexity index is 754. The summed E-state index contributed by atoms with van der Waals surface area (Å²) in [6.07, 6.45) is 5.95. The molecule has 0 heterocycles. The molecule has 0 aromatic heterocycles.